The molecule has 1 N–H and O–H groups in total. The summed E-state index contributed by atoms with van der Waals surface area (Å²) in [7, 11) is -3.23. The normalized spacial score (nSPS) is 28.7. The maximum atomic E-state index is 12.5. The molecule has 0 saturated carbocycles. The second kappa shape index (κ2) is 5.07. The minimum atomic E-state index is -3.23. The molecule has 2 aliphatic rings. The first-order valence-corrected chi connectivity index (χ1v) is 8.17. The van der Waals surface area contributed by atoms with Crippen LogP contribution in [0.3, 0.4) is 0 Å². The van der Waals surface area contributed by atoms with E-state index in [1.807, 2.05) is 0 Å². The van der Waals surface area contributed by atoms with E-state index >= 15 is 0 Å². The van der Waals surface area contributed by atoms with Crippen LogP contribution in [0.5, 0.6) is 0 Å². The molecule has 106 valence electrons. The van der Waals surface area contributed by atoms with Gasteiger partial charge in [-0.3, -0.25) is 0 Å². The van der Waals surface area contributed by atoms with E-state index in [1.165, 1.54) is 0 Å². The van der Waals surface area contributed by atoms with Crippen LogP contribution in [0, 0.1) is 11.3 Å². The lowest BCUT2D eigenvalue weighted by molar-refractivity contribution is 0.247. The van der Waals surface area contributed by atoms with E-state index in [4.69, 9.17) is 0 Å². The Kier molecular flexibility index (Phi) is 4.02. The maximum Gasteiger partial charge on any atom is 0.282 e. The van der Waals surface area contributed by atoms with Crippen molar-refractivity contribution in [2.24, 2.45) is 11.3 Å². The van der Waals surface area contributed by atoms with Crippen molar-refractivity contribution in [3.05, 3.63) is 0 Å². The maximum absolute atomic E-state index is 12.5. The lowest BCUT2D eigenvalue weighted by Gasteiger charge is -2.31. The van der Waals surface area contributed by atoms with Gasteiger partial charge in [0.05, 0.1) is 0 Å². The van der Waals surface area contributed by atoms with Crippen LogP contribution >= 0.6 is 0 Å². The Morgan fingerprint density at radius 1 is 1.06 bits per heavy atom. The van der Waals surface area contributed by atoms with E-state index in [1.54, 1.807) is 8.61 Å². The zero-order valence-corrected chi connectivity index (χ0v) is 12.5. The van der Waals surface area contributed by atoms with Gasteiger partial charge in [0.1, 0.15) is 0 Å². The average molecular weight is 275 g/mol. The second-order valence-corrected chi connectivity index (χ2v) is 8.29. The monoisotopic (exact) mass is 275 g/mol. The highest BCUT2D eigenvalue weighted by Crippen LogP contribution is 2.35. The van der Waals surface area contributed by atoms with E-state index < -0.39 is 10.2 Å². The molecule has 0 aromatic rings. The molecule has 0 aromatic carbocycles. The van der Waals surface area contributed by atoms with Crippen LogP contribution in [-0.4, -0.2) is 56.3 Å². The third-order valence-corrected chi connectivity index (χ3v) is 6.11. The summed E-state index contributed by atoms with van der Waals surface area (Å²) in [6.45, 7) is 10.6. The first kappa shape index (κ1) is 14.2. The van der Waals surface area contributed by atoms with E-state index in [-0.39, 0.29) is 5.41 Å². The largest absolute Gasteiger partial charge is 0.314 e. The first-order chi connectivity index (χ1) is 8.32. The number of rotatable bonds is 2. The van der Waals surface area contributed by atoms with Crippen molar-refractivity contribution in [2.75, 3.05) is 39.3 Å². The van der Waals surface area contributed by atoms with Crippen molar-refractivity contribution in [1.29, 1.82) is 0 Å². The second-order valence-electron chi connectivity index (χ2n) is 6.37. The zero-order valence-electron chi connectivity index (χ0n) is 11.6. The predicted octanol–water partition coefficient (Wildman–Crippen LogP) is 0.504. The molecule has 18 heavy (non-hydrogen) atoms. The molecule has 0 aliphatic carbocycles. The first-order valence-electron chi connectivity index (χ1n) is 6.78. The molecule has 2 aliphatic heterocycles. The van der Waals surface area contributed by atoms with Gasteiger partial charge in [-0.25, -0.2) is 0 Å². The molecule has 0 spiro atoms. The Bertz CT molecular complexity index is 383. The number of nitrogens with one attached hydrogen (secondary N) is 1. The summed E-state index contributed by atoms with van der Waals surface area (Å²) >= 11 is 0. The summed E-state index contributed by atoms with van der Waals surface area (Å²) in [5.41, 5.74) is 0.188. The minimum Gasteiger partial charge on any atom is -0.314 e. The van der Waals surface area contributed by atoms with Gasteiger partial charge in [0, 0.05) is 39.3 Å². The number of hydrogen-bond acceptors (Lipinski definition) is 3. The molecule has 0 radical (unpaired) electrons. The summed E-state index contributed by atoms with van der Waals surface area (Å²) in [5, 5.41) is 3.19. The molecule has 1 unspecified atom stereocenters. The Balaban J connectivity index is 2.03. The molecule has 2 heterocycles. The van der Waals surface area contributed by atoms with Gasteiger partial charge in [-0.05, 0) is 17.8 Å². The Labute approximate surface area is 111 Å². The van der Waals surface area contributed by atoms with Gasteiger partial charge in [0.25, 0.3) is 10.2 Å². The van der Waals surface area contributed by atoms with Crippen molar-refractivity contribution < 1.29 is 8.42 Å². The molecule has 0 amide bonds. The number of hydrogen-bond donors (Lipinski definition) is 1. The molecule has 5 nitrogen and oxygen atoms in total. The van der Waals surface area contributed by atoms with Gasteiger partial charge >= 0.3 is 0 Å². The van der Waals surface area contributed by atoms with Crippen LogP contribution in [0.2, 0.25) is 0 Å². The lowest BCUT2D eigenvalue weighted by atomic mass is 9.80. The van der Waals surface area contributed by atoms with E-state index in [0.717, 1.165) is 19.5 Å². The Hall–Kier alpha value is -0.170. The molecule has 1 atom stereocenters. The summed E-state index contributed by atoms with van der Waals surface area (Å²) in [6, 6.07) is 0. The number of piperazine rings is 1. The summed E-state index contributed by atoms with van der Waals surface area (Å²) in [5.74, 6) is 0.468. The Morgan fingerprint density at radius 3 is 2.17 bits per heavy atom. The fraction of sp³-hybridized carbons (Fsp3) is 1.00. The highest BCUT2D eigenvalue weighted by atomic mass is 32.2. The third-order valence-electron chi connectivity index (χ3n) is 4.10. The molecule has 6 heteroatoms. The van der Waals surface area contributed by atoms with Crippen LogP contribution in [0.4, 0.5) is 0 Å². The van der Waals surface area contributed by atoms with E-state index in [2.05, 4.69) is 26.1 Å². The smallest absolute Gasteiger partial charge is 0.282 e. The van der Waals surface area contributed by atoms with Crippen molar-refractivity contribution in [3.8, 4) is 0 Å². The molecule has 0 bridgehead atoms. The van der Waals surface area contributed by atoms with E-state index in [9.17, 15) is 8.42 Å². The SMILES string of the molecule is CC(C)(C)C1CCN(S(=O)(=O)N2CCNCC2)C1. The van der Waals surface area contributed by atoms with Gasteiger partial charge in [-0.1, -0.05) is 20.8 Å². The highest BCUT2D eigenvalue weighted by molar-refractivity contribution is 7.86. The minimum absolute atomic E-state index is 0.188. The summed E-state index contributed by atoms with van der Waals surface area (Å²) in [6.07, 6.45) is 0.981. The van der Waals surface area contributed by atoms with Gasteiger partial charge < -0.3 is 5.32 Å². The quantitative estimate of drug-likeness (QED) is 0.799. The van der Waals surface area contributed by atoms with Crippen molar-refractivity contribution in [2.45, 2.75) is 27.2 Å². The zero-order chi connectivity index (χ0) is 13.4. The van der Waals surface area contributed by atoms with Crippen molar-refractivity contribution in [3.63, 3.8) is 0 Å². The molecule has 0 aromatic heterocycles. The van der Waals surface area contributed by atoms with Crippen LogP contribution in [0.25, 0.3) is 0 Å². The summed E-state index contributed by atoms with van der Waals surface area (Å²) in [4.78, 5) is 0. The molecular weight excluding hydrogens is 250 g/mol. The standard InChI is InChI=1S/C12H25N3O2S/c1-12(2,3)11-4-7-15(10-11)18(16,17)14-8-5-13-6-9-14/h11,13H,4-10H2,1-3H3. The van der Waals surface area contributed by atoms with E-state index in [0.29, 0.717) is 32.1 Å². The van der Waals surface area contributed by atoms with Crippen LogP contribution < -0.4 is 5.32 Å². The number of nitrogens with zero attached hydrogens (tertiary/aromatic N) is 2. The highest BCUT2D eigenvalue weighted by Gasteiger charge is 2.39. The molecular formula is C12H25N3O2S. The lowest BCUT2D eigenvalue weighted by Crippen LogP contribution is -2.51. The topological polar surface area (TPSA) is 52.7 Å². The Morgan fingerprint density at radius 2 is 1.67 bits per heavy atom. The van der Waals surface area contributed by atoms with Gasteiger partial charge in [-0.2, -0.15) is 17.0 Å². The molecule has 2 rings (SSSR count). The third kappa shape index (κ3) is 2.87. The van der Waals surface area contributed by atoms with Crippen LogP contribution in [0.15, 0.2) is 0 Å². The summed E-state index contributed by atoms with van der Waals surface area (Å²) < 4.78 is 28.3. The fourth-order valence-corrected chi connectivity index (χ4v) is 4.36. The van der Waals surface area contributed by atoms with Gasteiger partial charge in [-0.15, -0.1) is 0 Å². The van der Waals surface area contributed by atoms with Crippen molar-refractivity contribution >= 4 is 10.2 Å². The van der Waals surface area contributed by atoms with Crippen LogP contribution in [0.1, 0.15) is 27.2 Å². The van der Waals surface area contributed by atoms with Gasteiger partial charge in [0.2, 0.25) is 0 Å². The van der Waals surface area contributed by atoms with Gasteiger partial charge in [0.15, 0.2) is 0 Å². The van der Waals surface area contributed by atoms with Crippen molar-refractivity contribution in [1.82, 2.24) is 13.9 Å². The van der Waals surface area contributed by atoms with Crippen LogP contribution in [-0.2, 0) is 10.2 Å². The molecule has 2 saturated heterocycles. The average Bonchev–Trinajstić information content (AvgIpc) is 2.79. The molecule has 2 fully saturated rings. The predicted molar refractivity (Wildman–Crippen MR) is 72.5 cm³/mol. The fourth-order valence-electron chi connectivity index (χ4n) is 2.68.